The van der Waals surface area contributed by atoms with E-state index < -0.39 is 18.2 Å². The SMILES string of the molecule is C=CCOC(=O)N1CC(O)CC1C(=O)N1CCCC1. The van der Waals surface area contributed by atoms with Crippen LogP contribution in [0.4, 0.5) is 4.79 Å². The van der Waals surface area contributed by atoms with Crippen molar-refractivity contribution < 1.29 is 19.4 Å². The Bertz CT molecular complexity index is 366. The van der Waals surface area contributed by atoms with Gasteiger partial charge in [-0.25, -0.2) is 4.79 Å². The van der Waals surface area contributed by atoms with Crippen LogP contribution in [0.3, 0.4) is 0 Å². The number of rotatable bonds is 3. The predicted molar refractivity (Wildman–Crippen MR) is 68.5 cm³/mol. The van der Waals surface area contributed by atoms with Gasteiger partial charge in [-0.15, -0.1) is 0 Å². The molecule has 2 amide bonds. The summed E-state index contributed by atoms with van der Waals surface area (Å²) in [5, 5.41) is 9.70. The van der Waals surface area contributed by atoms with Crippen LogP contribution in [-0.2, 0) is 9.53 Å². The number of carbonyl (C=O) groups is 2. The average Bonchev–Trinajstić information content (AvgIpc) is 3.04. The second-order valence-corrected chi connectivity index (χ2v) is 4.96. The van der Waals surface area contributed by atoms with E-state index >= 15 is 0 Å². The number of likely N-dealkylation sites (tertiary alicyclic amines) is 2. The Morgan fingerprint density at radius 3 is 2.68 bits per heavy atom. The first-order valence-corrected chi connectivity index (χ1v) is 6.64. The number of β-amino-alcohol motifs (C(OH)–C–C–N with tert-alkyl or cyclic N) is 1. The summed E-state index contributed by atoms with van der Waals surface area (Å²) in [4.78, 5) is 27.3. The summed E-state index contributed by atoms with van der Waals surface area (Å²) in [6.07, 6.45) is 2.55. The van der Waals surface area contributed by atoms with Gasteiger partial charge in [0.25, 0.3) is 0 Å². The van der Waals surface area contributed by atoms with Crippen LogP contribution in [0.1, 0.15) is 19.3 Å². The fourth-order valence-electron chi connectivity index (χ4n) is 2.61. The van der Waals surface area contributed by atoms with E-state index in [1.165, 1.54) is 11.0 Å². The molecule has 2 fully saturated rings. The monoisotopic (exact) mass is 268 g/mol. The van der Waals surface area contributed by atoms with Crippen LogP contribution in [0.15, 0.2) is 12.7 Å². The molecule has 2 aliphatic heterocycles. The molecule has 0 aromatic rings. The van der Waals surface area contributed by atoms with Gasteiger partial charge in [-0.05, 0) is 12.8 Å². The molecule has 2 heterocycles. The van der Waals surface area contributed by atoms with Gasteiger partial charge >= 0.3 is 6.09 Å². The summed E-state index contributed by atoms with van der Waals surface area (Å²) in [5.41, 5.74) is 0. The Balaban J connectivity index is 2.01. The number of ether oxygens (including phenoxy) is 1. The highest BCUT2D eigenvalue weighted by Crippen LogP contribution is 2.22. The summed E-state index contributed by atoms with van der Waals surface area (Å²) in [7, 11) is 0. The lowest BCUT2D eigenvalue weighted by atomic mass is 10.2. The maximum absolute atomic E-state index is 12.3. The lowest BCUT2D eigenvalue weighted by Gasteiger charge is -2.26. The molecule has 0 aliphatic carbocycles. The van der Waals surface area contributed by atoms with Crippen molar-refractivity contribution in [1.82, 2.24) is 9.80 Å². The van der Waals surface area contributed by atoms with Crippen LogP contribution in [-0.4, -0.2) is 65.3 Å². The van der Waals surface area contributed by atoms with E-state index in [0.29, 0.717) is 6.42 Å². The van der Waals surface area contributed by atoms with Gasteiger partial charge in [-0.1, -0.05) is 12.7 Å². The summed E-state index contributed by atoms with van der Waals surface area (Å²) < 4.78 is 4.95. The Morgan fingerprint density at radius 2 is 2.05 bits per heavy atom. The number of hydrogen-bond acceptors (Lipinski definition) is 4. The molecule has 0 aromatic carbocycles. The van der Waals surface area contributed by atoms with E-state index in [1.807, 2.05) is 0 Å². The first-order chi connectivity index (χ1) is 9.13. The van der Waals surface area contributed by atoms with Gasteiger partial charge in [0.1, 0.15) is 12.6 Å². The van der Waals surface area contributed by atoms with Crippen molar-refractivity contribution in [2.24, 2.45) is 0 Å². The highest BCUT2D eigenvalue weighted by molar-refractivity contribution is 5.86. The Hall–Kier alpha value is -1.56. The Labute approximate surface area is 112 Å². The molecular weight excluding hydrogens is 248 g/mol. The summed E-state index contributed by atoms with van der Waals surface area (Å²) in [6, 6.07) is -0.592. The second kappa shape index (κ2) is 6.06. The van der Waals surface area contributed by atoms with Crippen molar-refractivity contribution in [3.63, 3.8) is 0 Å². The minimum absolute atomic E-state index is 0.0791. The van der Waals surface area contributed by atoms with Crippen molar-refractivity contribution in [3.05, 3.63) is 12.7 Å². The van der Waals surface area contributed by atoms with Crippen LogP contribution in [0.2, 0.25) is 0 Å². The summed E-state index contributed by atoms with van der Waals surface area (Å²) >= 11 is 0. The molecule has 2 aliphatic rings. The highest BCUT2D eigenvalue weighted by atomic mass is 16.6. The fourth-order valence-corrected chi connectivity index (χ4v) is 2.61. The van der Waals surface area contributed by atoms with E-state index in [2.05, 4.69) is 6.58 Å². The Morgan fingerprint density at radius 1 is 1.37 bits per heavy atom. The van der Waals surface area contributed by atoms with Gasteiger partial charge in [-0.2, -0.15) is 0 Å². The van der Waals surface area contributed by atoms with E-state index in [1.54, 1.807) is 4.90 Å². The van der Waals surface area contributed by atoms with Crippen molar-refractivity contribution >= 4 is 12.0 Å². The predicted octanol–water partition coefficient (Wildman–Crippen LogP) is 0.367. The number of aliphatic hydroxyl groups excluding tert-OH is 1. The quantitative estimate of drug-likeness (QED) is 0.751. The Kier molecular flexibility index (Phi) is 4.42. The largest absolute Gasteiger partial charge is 0.445 e. The van der Waals surface area contributed by atoms with E-state index in [9.17, 15) is 14.7 Å². The third kappa shape index (κ3) is 3.07. The molecule has 0 aromatic heterocycles. The fraction of sp³-hybridized carbons (Fsp3) is 0.692. The molecule has 6 nitrogen and oxygen atoms in total. The lowest BCUT2D eigenvalue weighted by molar-refractivity contribution is -0.134. The van der Waals surface area contributed by atoms with Gasteiger partial charge in [-0.3, -0.25) is 9.69 Å². The molecule has 6 heteroatoms. The zero-order chi connectivity index (χ0) is 13.8. The second-order valence-electron chi connectivity index (χ2n) is 4.96. The maximum atomic E-state index is 12.3. The van der Waals surface area contributed by atoms with Crippen LogP contribution < -0.4 is 0 Å². The molecule has 2 unspecified atom stereocenters. The molecule has 1 N–H and O–H groups in total. The first kappa shape index (κ1) is 13.9. The lowest BCUT2D eigenvalue weighted by Crippen LogP contribution is -2.47. The van der Waals surface area contributed by atoms with Crippen LogP contribution >= 0.6 is 0 Å². The molecule has 2 atom stereocenters. The van der Waals surface area contributed by atoms with Crippen molar-refractivity contribution in [1.29, 1.82) is 0 Å². The zero-order valence-electron chi connectivity index (χ0n) is 11.0. The number of carbonyl (C=O) groups excluding carboxylic acids is 2. The van der Waals surface area contributed by atoms with Crippen LogP contribution in [0.25, 0.3) is 0 Å². The average molecular weight is 268 g/mol. The minimum Gasteiger partial charge on any atom is -0.445 e. The zero-order valence-corrected chi connectivity index (χ0v) is 11.0. The van der Waals surface area contributed by atoms with E-state index in [0.717, 1.165) is 25.9 Å². The third-order valence-corrected chi connectivity index (χ3v) is 3.54. The third-order valence-electron chi connectivity index (χ3n) is 3.54. The molecule has 0 bridgehead atoms. The molecule has 106 valence electrons. The molecular formula is C13H20N2O4. The molecule has 0 spiro atoms. The van der Waals surface area contributed by atoms with Gasteiger partial charge in [0.05, 0.1) is 12.6 Å². The maximum Gasteiger partial charge on any atom is 0.410 e. The van der Waals surface area contributed by atoms with Gasteiger partial charge in [0.15, 0.2) is 0 Å². The summed E-state index contributed by atoms with van der Waals surface area (Å²) in [5.74, 6) is -0.0791. The van der Waals surface area contributed by atoms with Crippen molar-refractivity contribution in [3.8, 4) is 0 Å². The number of hydrogen-bond donors (Lipinski definition) is 1. The number of aliphatic hydroxyl groups is 1. The van der Waals surface area contributed by atoms with Crippen molar-refractivity contribution in [2.45, 2.75) is 31.4 Å². The van der Waals surface area contributed by atoms with E-state index in [4.69, 9.17) is 4.74 Å². The van der Waals surface area contributed by atoms with Gasteiger partial charge < -0.3 is 14.7 Å². The molecule has 0 saturated carbocycles. The minimum atomic E-state index is -0.659. The standard InChI is InChI=1S/C13H20N2O4/c1-2-7-19-13(18)15-9-10(16)8-11(15)12(17)14-5-3-4-6-14/h2,10-11,16H,1,3-9H2. The highest BCUT2D eigenvalue weighted by Gasteiger charge is 2.41. The smallest absolute Gasteiger partial charge is 0.410 e. The molecule has 2 saturated heterocycles. The first-order valence-electron chi connectivity index (χ1n) is 6.64. The van der Waals surface area contributed by atoms with Crippen LogP contribution in [0.5, 0.6) is 0 Å². The topological polar surface area (TPSA) is 70.1 Å². The van der Waals surface area contributed by atoms with E-state index in [-0.39, 0.29) is 19.1 Å². The van der Waals surface area contributed by atoms with Gasteiger partial charge in [0.2, 0.25) is 5.91 Å². The molecule has 2 rings (SSSR count). The summed E-state index contributed by atoms with van der Waals surface area (Å²) in [6.45, 7) is 5.21. The molecule has 0 radical (unpaired) electrons. The van der Waals surface area contributed by atoms with Crippen LogP contribution in [0, 0.1) is 0 Å². The molecule has 19 heavy (non-hydrogen) atoms. The number of nitrogens with zero attached hydrogens (tertiary/aromatic N) is 2. The normalized spacial score (nSPS) is 26.6. The number of amides is 2. The van der Waals surface area contributed by atoms with Crippen molar-refractivity contribution in [2.75, 3.05) is 26.2 Å². The van der Waals surface area contributed by atoms with Gasteiger partial charge in [0, 0.05) is 19.5 Å².